The summed E-state index contributed by atoms with van der Waals surface area (Å²) in [4.78, 5) is 16.1. The van der Waals surface area contributed by atoms with Gasteiger partial charge in [0.1, 0.15) is 5.76 Å². The molecule has 0 radical (unpaired) electrons. The van der Waals surface area contributed by atoms with E-state index in [1.165, 1.54) is 0 Å². The molecule has 160 valence electrons. The molecule has 1 atom stereocenters. The number of fused-ring (bicyclic) bond motifs is 1. The highest BCUT2D eigenvalue weighted by Gasteiger charge is 2.23. The second kappa shape index (κ2) is 9.18. The Labute approximate surface area is 185 Å². The molecular weight excluding hydrogens is 416 g/mol. The normalized spacial score (nSPS) is 12.0. The molecular formula is C24H23ClN2O4. The fourth-order valence-corrected chi connectivity index (χ4v) is 3.91. The molecule has 0 spiro atoms. The van der Waals surface area contributed by atoms with Gasteiger partial charge in [0.15, 0.2) is 11.5 Å². The summed E-state index contributed by atoms with van der Waals surface area (Å²) in [5.41, 5.74) is 2.88. The van der Waals surface area contributed by atoms with Crippen LogP contribution in [0.2, 0.25) is 5.02 Å². The van der Waals surface area contributed by atoms with Crippen LogP contribution in [-0.4, -0.2) is 25.1 Å². The summed E-state index contributed by atoms with van der Waals surface area (Å²) in [6, 6.07) is 15.0. The third-order valence-corrected chi connectivity index (χ3v) is 5.53. The van der Waals surface area contributed by atoms with Crippen LogP contribution >= 0.6 is 11.6 Å². The number of aromatic nitrogens is 1. The van der Waals surface area contributed by atoms with E-state index >= 15 is 0 Å². The molecule has 7 heteroatoms. The summed E-state index contributed by atoms with van der Waals surface area (Å²) in [5.74, 6) is 1.64. The van der Waals surface area contributed by atoms with Crippen molar-refractivity contribution in [1.29, 1.82) is 0 Å². The van der Waals surface area contributed by atoms with E-state index in [0.29, 0.717) is 28.8 Å². The standard InChI is InChI=1S/C24H23ClN2O4/c1-29-22-8-5-15(10-23(22)30-2)18(12-24(28)27-13-17-4-3-9-31-17)20-14-26-21-7-6-16(25)11-19(20)21/h3-11,14,18,26H,12-13H2,1-2H3,(H,27,28). The minimum absolute atomic E-state index is 0.0902. The van der Waals surface area contributed by atoms with Gasteiger partial charge >= 0.3 is 0 Å². The van der Waals surface area contributed by atoms with Gasteiger partial charge in [-0.25, -0.2) is 0 Å². The minimum Gasteiger partial charge on any atom is -0.493 e. The van der Waals surface area contributed by atoms with Gasteiger partial charge in [-0.2, -0.15) is 0 Å². The van der Waals surface area contributed by atoms with Crippen molar-refractivity contribution in [3.63, 3.8) is 0 Å². The number of hydrogen-bond donors (Lipinski definition) is 2. The Morgan fingerprint density at radius 3 is 2.71 bits per heavy atom. The van der Waals surface area contributed by atoms with Crippen molar-refractivity contribution >= 4 is 28.4 Å². The molecule has 0 saturated carbocycles. The Kier molecular flexibility index (Phi) is 6.18. The van der Waals surface area contributed by atoms with Crippen molar-refractivity contribution in [2.24, 2.45) is 0 Å². The van der Waals surface area contributed by atoms with Gasteiger partial charge in [0.2, 0.25) is 5.91 Å². The van der Waals surface area contributed by atoms with Crippen LogP contribution in [0.1, 0.15) is 29.2 Å². The second-order valence-corrected chi connectivity index (χ2v) is 7.60. The van der Waals surface area contributed by atoms with Crippen LogP contribution in [0.15, 0.2) is 65.4 Å². The first-order chi connectivity index (χ1) is 15.1. The lowest BCUT2D eigenvalue weighted by atomic mass is 9.87. The van der Waals surface area contributed by atoms with E-state index < -0.39 is 0 Å². The van der Waals surface area contributed by atoms with E-state index in [2.05, 4.69) is 10.3 Å². The average Bonchev–Trinajstić information content (AvgIpc) is 3.45. The van der Waals surface area contributed by atoms with Gasteiger partial charge in [0, 0.05) is 34.5 Å². The summed E-state index contributed by atoms with van der Waals surface area (Å²) in [6.07, 6.45) is 3.77. The molecule has 0 aliphatic carbocycles. The summed E-state index contributed by atoms with van der Waals surface area (Å²) in [7, 11) is 3.19. The van der Waals surface area contributed by atoms with Crippen molar-refractivity contribution in [1.82, 2.24) is 10.3 Å². The molecule has 4 rings (SSSR count). The van der Waals surface area contributed by atoms with Crippen LogP contribution in [0.25, 0.3) is 10.9 Å². The number of hydrogen-bond acceptors (Lipinski definition) is 4. The number of carbonyl (C=O) groups is 1. The first-order valence-corrected chi connectivity index (χ1v) is 10.2. The first kappa shape index (κ1) is 20.9. The van der Waals surface area contributed by atoms with Gasteiger partial charge in [-0.05, 0) is 53.6 Å². The first-order valence-electron chi connectivity index (χ1n) is 9.86. The number of methoxy groups -OCH3 is 2. The predicted octanol–water partition coefficient (Wildman–Crippen LogP) is 5.27. The quantitative estimate of drug-likeness (QED) is 0.393. The third kappa shape index (κ3) is 4.54. The van der Waals surface area contributed by atoms with Gasteiger partial charge < -0.3 is 24.2 Å². The maximum atomic E-state index is 12.9. The number of ether oxygens (including phenoxy) is 2. The van der Waals surface area contributed by atoms with E-state index in [0.717, 1.165) is 22.0 Å². The fraction of sp³-hybridized carbons (Fsp3) is 0.208. The van der Waals surface area contributed by atoms with Crippen molar-refractivity contribution in [2.75, 3.05) is 14.2 Å². The van der Waals surface area contributed by atoms with Crippen LogP contribution in [0.3, 0.4) is 0 Å². The maximum absolute atomic E-state index is 12.9. The molecule has 0 aliphatic heterocycles. The molecule has 2 aromatic heterocycles. The Morgan fingerprint density at radius 1 is 1.13 bits per heavy atom. The van der Waals surface area contributed by atoms with Gasteiger partial charge in [-0.15, -0.1) is 0 Å². The number of furan rings is 1. The highest BCUT2D eigenvalue weighted by Crippen LogP contribution is 2.38. The molecule has 1 unspecified atom stereocenters. The molecule has 2 N–H and O–H groups in total. The van der Waals surface area contributed by atoms with Crippen molar-refractivity contribution in [3.05, 3.63) is 82.9 Å². The summed E-state index contributed by atoms with van der Waals surface area (Å²) < 4.78 is 16.2. The number of H-pyrrole nitrogens is 1. The number of benzene rings is 2. The molecule has 0 aliphatic rings. The molecule has 0 bridgehead atoms. The van der Waals surface area contributed by atoms with Gasteiger partial charge in [0.25, 0.3) is 0 Å². The topological polar surface area (TPSA) is 76.5 Å². The lowest BCUT2D eigenvalue weighted by Crippen LogP contribution is -2.24. The molecule has 6 nitrogen and oxygen atoms in total. The highest BCUT2D eigenvalue weighted by atomic mass is 35.5. The van der Waals surface area contributed by atoms with Gasteiger partial charge in [-0.3, -0.25) is 4.79 Å². The van der Waals surface area contributed by atoms with Crippen LogP contribution < -0.4 is 14.8 Å². The summed E-state index contributed by atoms with van der Waals surface area (Å²) in [6.45, 7) is 0.337. The second-order valence-electron chi connectivity index (χ2n) is 7.16. The predicted molar refractivity (Wildman–Crippen MR) is 120 cm³/mol. The van der Waals surface area contributed by atoms with Crippen molar-refractivity contribution in [3.8, 4) is 11.5 Å². The Balaban J connectivity index is 1.69. The Bertz CT molecular complexity index is 1180. The van der Waals surface area contributed by atoms with E-state index in [1.54, 1.807) is 26.5 Å². The Morgan fingerprint density at radius 2 is 1.97 bits per heavy atom. The average molecular weight is 439 g/mol. The number of rotatable bonds is 8. The van der Waals surface area contributed by atoms with Crippen molar-refractivity contribution in [2.45, 2.75) is 18.9 Å². The molecule has 1 amide bonds. The molecule has 0 fully saturated rings. The largest absolute Gasteiger partial charge is 0.493 e. The third-order valence-electron chi connectivity index (χ3n) is 5.29. The minimum atomic E-state index is -0.219. The zero-order valence-corrected chi connectivity index (χ0v) is 18.0. The van der Waals surface area contributed by atoms with E-state index in [9.17, 15) is 4.79 Å². The van der Waals surface area contributed by atoms with Gasteiger partial charge in [0.05, 0.1) is 27.0 Å². The van der Waals surface area contributed by atoms with Crippen molar-refractivity contribution < 1.29 is 18.7 Å². The number of carbonyl (C=O) groups excluding carboxylic acids is 1. The zero-order chi connectivity index (χ0) is 21.8. The lowest BCUT2D eigenvalue weighted by Gasteiger charge is -2.19. The summed E-state index contributed by atoms with van der Waals surface area (Å²) >= 11 is 6.26. The molecule has 4 aromatic rings. The monoisotopic (exact) mass is 438 g/mol. The van der Waals surface area contributed by atoms with Crippen LogP contribution in [0.4, 0.5) is 0 Å². The number of aromatic amines is 1. The molecule has 2 heterocycles. The van der Waals surface area contributed by atoms with E-state index in [1.807, 2.05) is 48.7 Å². The van der Waals surface area contributed by atoms with E-state index in [-0.39, 0.29) is 18.2 Å². The number of nitrogens with one attached hydrogen (secondary N) is 2. The van der Waals surface area contributed by atoms with Crippen LogP contribution in [0, 0.1) is 0 Å². The molecule has 31 heavy (non-hydrogen) atoms. The van der Waals surface area contributed by atoms with Gasteiger partial charge in [-0.1, -0.05) is 17.7 Å². The number of halogens is 1. The summed E-state index contributed by atoms with van der Waals surface area (Å²) in [5, 5.41) is 4.55. The fourth-order valence-electron chi connectivity index (χ4n) is 3.74. The SMILES string of the molecule is COc1ccc(C(CC(=O)NCc2ccco2)c2c[nH]c3ccc(Cl)cc23)cc1OC. The molecule has 2 aromatic carbocycles. The maximum Gasteiger partial charge on any atom is 0.221 e. The zero-order valence-electron chi connectivity index (χ0n) is 17.3. The van der Waals surface area contributed by atoms with Crippen LogP contribution in [0.5, 0.6) is 11.5 Å². The Hall–Kier alpha value is -3.38. The van der Waals surface area contributed by atoms with Crippen LogP contribution in [-0.2, 0) is 11.3 Å². The molecule has 0 saturated heterocycles. The smallest absolute Gasteiger partial charge is 0.221 e. The number of amides is 1. The highest BCUT2D eigenvalue weighted by molar-refractivity contribution is 6.31. The lowest BCUT2D eigenvalue weighted by molar-refractivity contribution is -0.121. The van der Waals surface area contributed by atoms with E-state index in [4.69, 9.17) is 25.5 Å².